The van der Waals surface area contributed by atoms with Crippen molar-refractivity contribution in [3.05, 3.63) is 35.2 Å². The summed E-state index contributed by atoms with van der Waals surface area (Å²) in [5, 5.41) is 7.09. The van der Waals surface area contributed by atoms with Crippen LogP contribution in [0.15, 0.2) is 24.3 Å². The van der Waals surface area contributed by atoms with E-state index in [-0.39, 0.29) is 0 Å². The summed E-state index contributed by atoms with van der Waals surface area (Å²) >= 11 is 6.06. The number of hydrogen-bond donors (Lipinski definition) is 2. The summed E-state index contributed by atoms with van der Waals surface area (Å²) in [6.07, 6.45) is 2.30. The standard InChI is InChI=1S/C17H21ClN4O2/c1-23-13-7-12(8-14(9-13)24-2)19-5-6-20-16-10-15(18)21-17(22-16)11-3-4-11/h7-11,19H,3-6H2,1-2H3,(H,20,21,22). The number of anilines is 2. The minimum Gasteiger partial charge on any atom is -0.497 e. The molecule has 1 saturated carbocycles. The molecule has 0 spiro atoms. The fourth-order valence-corrected chi connectivity index (χ4v) is 2.55. The van der Waals surface area contributed by atoms with Gasteiger partial charge in [0, 0.05) is 49.0 Å². The summed E-state index contributed by atoms with van der Waals surface area (Å²) in [5.41, 5.74) is 0.937. The van der Waals surface area contributed by atoms with E-state index in [4.69, 9.17) is 21.1 Å². The molecule has 128 valence electrons. The Labute approximate surface area is 146 Å². The van der Waals surface area contributed by atoms with Crippen molar-refractivity contribution in [3.8, 4) is 11.5 Å². The molecule has 1 fully saturated rings. The van der Waals surface area contributed by atoms with E-state index in [0.29, 0.717) is 17.6 Å². The maximum atomic E-state index is 6.06. The predicted octanol–water partition coefficient (Wildman–Crippen LogP) is 3.55. The van der Waals surface area contributed by atoms with Gasteiger partial charge < -0.3 is 20.1 Å². The van der Waals surface area contributed by atoms with Crippen molar-refractivity contribution in [2.45, 2.75) is 18.8 Å². The lowest BCUT2D eigenvalue weighted by atomic mass is 10.2. The van der Waals surface area contributed by atoms with Crippen LogP contribution in [0.1, 0.15) is 24.6 Å². The first kappa shape index (κ1) is 16.6. The van der Waals surface area contributed by atoms with Crippen LogP contribution in [-0.4, -0.2) is 37.3 Å². The SMILES string of the molecule is COc1cc(NCCNc2cc(Cl)nc(C3CC3)n2)cc(OC)c1. The number of rotatable bonds is 8. The Morgan fingerprint density at radius 2 is 1.67 bits per heavy atom. The van der Waals surface area contributed by atoms with E-state index < -0.39 is 0 Å². The molecule has 0 atom stereocenters. The molecule has 0 saturated heterocycles. The smallest absolute Gasteiger partial charge is 0.135 e. The van der Waals surface area contributed by atoms with Gasteiger partial charge in [0.2, 0.25) is 0 Å². The van der Waals surface area contributed by atoms with Gasteiger partial charge >= 0.3 is 0 Å². The fraction of sp³-hybridized carbons (Fsp3) is 0.412. The van der Waals surface area contributed by atoms with Gasteiger partial charge in [-0.2, -0.15) is 0 Å². The topological polar surface area (TPSA) is 68.3 Å². The third-order valence-electron chi connectivity index (χ3n) is 3.77. The highest BCUT2D eigenvalue weighted by atomic mass is 35.5. The van der Waals surface area contributed by atoms with E-state index in [1.54, 1.807) is 20.3 Å². The Balaban J connectivity index is 1.54. The zero-order chi connectivity index (χ0) is 16.9. The van der Waals surface area contributed by atoms with Crippen LogP contribution in [0.5, 0.6) is 11.5 Å². The molecule has 0 bridgehead atoms. The molecule has 0 aliphatic heterocycles. The second-order valence-electron chi connectivity index (χ2n) is 5.66. The number of nitrogens with one attached hydrogen (secondary N) is 2. The summed E-state index contributed by atoms with van der Waals surface area (Å²) in [4.78, 5) is 8.80. The third-order valence-corrected chi connectivity index (χ3v) is 3.96. The predicted molar refractivity (Wildman–Crippen MR) is 95.5 cm³/mol. The summed E-state index contributed by atoms with van der Waals surface area (Å²) < 4.78 is 10.5. The second-order valence-corrected chi connectivity index (χ2v) is 6.05. The fourth-order valence-electron chi connectivity index (χ4n) is 2.36. The van der Waals surface area contributed by atoms with E-state index in [2.05, 4.69) is 20.6 Å². The summed E-state index contributed by atoms with van der Waals surface area (Å²) in [7, 11) is 3.27. The lowest BCUT2D eigenvalue weighted by molar-refractivity contribution is 0.394. The minimum atomic E-state index is 0.478. The normalized spacial score (nSPS) is 13.5. The second kappa shape index (κ2) is 7.57. The van der Waals surface area contributed by atoms with Crippen molar-refractivity contribution in [1.29, 1.82) is 0 Å². The van der Waals surface area contributed by atoms with E-state index in [9.17, 15) is 0 Å². The van der Waals surface area contributed by atoms with E-state index in [1.807, 2.05) is 18.2 Å². The van der Waals surface area contributed by atoms with Crippen LogP contribution in [-0.2, 0) is 0 Å². The molecule has 3 rings (SSSR count). The average molecular weight is 349 g/mol. The Morgan fingerprint density at radius 3 is 2.29 bits per heavy atom. The first-order valence-electron chi connectivity index (χ1n) is 7.93. The molecular formula is C17H21ClN4O2. The van der Waals surface area contributed by atoms with Gasteiger partial charge in [0.05, 0.1) is 14.2 Å². The van der Waals surface area contributed by atoms with E-state index in [0.717, 1.165) is 48.2 Å². The van der Waals surface area contributed by atoms with Gasteiger partial charge in [-0.3, -0.25) is 0 Å². The monoisotopic (exact) mass is 348 g/mol. The summed E-state index contributed by atoms with van der Waals surface area (Å²) in [6, 6.07) is 7.44. The molecule has 0 amide bonds. The van der Waals surface area contributed by atoms with Gasteiger partial charge in [-0.1, -0.05) is 11.6 Å². The third kappa shape index (κ3) is 4.41. The van der Waals surface area contributed by atoms with Gasteiger partial charge in [-0.25, -0.2) is 9.97 Å². The van der Waals surface area contributed by atoms with Crippen molar-refractivity contribution in [2.75, 3.05) is 37.9 Å². The highest BCUT2D eigenvalue weighted by Gasteiger charge is 2.27. The number of benzene rings is 1. The van der Waals surface area contributed by atoms with Crippen LogP contribution in [0, 0.1) is 0 Å². The van der Waals surface area contributed by atoms with Crippen molar-refractivity contribution in [3.63, 3.8) is 0 Å². The molecule has 1 aromatic carbocycles. The van der Waals surface area contributed by atoms with E-state index >= 15 is 0 Å². The molecule has 0 radical (unpaired) electrons. The van der Waals surface area contributed by atoms with Gasteiger partial charge in [-0.15, -0.1) is 0 Å². The zero-order valence-corrected chi connectivity index (χ0v) is 14.6. The molecule has 2 aromatic rings. The quantitative estimate of drug-likeness (QED) is 0.561. The largest absolute Gasteiger partial charge is 0.497 e. The molecule has 0 unspecified atom stereocenters. The number of ether oxygens (including phenoxy) is 2. The molecule has 1 aliphatic carbocycles. The van der Waals surface area contributed by atoms with Crippen LogP contribution in [0.3, 0.4) is 0 Å². The Kier molecular flexibility index (Phi) is 5.25. The molecular weight excluding hydrogens is 328 g/mol. The zero-order valence-electron chi connectivity index (χ0n) is 13.8. The van der Waals surface area contributed by atoms with Crippen molar-refractivity contribution in [2.24, 2.45) is 0 Å². The maximum Gasteiger partial charge on any atom is 0.135 e. The van der Waals surface area contributed by atoms with Crippen LogP contribution >= 0.6 is 11.6 Å². The number of halogens is 1. The van der Waals surface area contributed by atoms with Gasteiger partial charge in [0.25, 0.3) is 0 Å². The van der Waals surface area contributed by atoms with Crippen LogP contribution < -0.4 is 20.1 Å². The van der Waals surface area contributed by atoms with Gasteiger partial charge in [-0.05, 0) is 12.8 Å². The highest BCUT2D eigenvalue weighted by molar-refractivity contribution is 6.29. The first-order valence-corrected chi connectivity index (χ1v) is 8.31. The summed E-state index contributed by atoms with van der Waals surface area (Å²) in [6.45, 7) is 1.42. The van der Waals surface area contributed by atoms with Crippen LogP contribution in [0.4, 0.5) is 11.5 Å². The lowest BCUT2D eigenvalue weighted by Crippen LogP contribution is -2.15. The van der Waals surface area contributed by atoms with Crippen molar-refractivity contribution < 1.29 is 9.47 Å². The maximum absolute atomic E-state index is 6.06. The van der Waals surface area contributed by atoms with Gasteiger partial charge in [0.1, 0.15) is 28.3 Å². The Hall–Kier alpha value is -2.21. The minimum absolute atomic E-state index is 0.478. The molecule has 1 aromatic heterocycles. The average Bonchev–Trinajstić information content (AvgIpc) is 3.43. The first-order chi connectivity index (χ1) is 11.7. The van der Waals surface area contributed by atoms with Gasteiger partial charge in [0.15, 0.2) is 0 Å². The van der Waals surface area contributed by atoms with E-state index in [1.165, 1.54) is 0 Å². The highest BCUT2D eigenvalue weighted by Crippen LogP contribution is 2.38. The number of methoxy groups -OCH3 is 2. The van der Waals surface area contributed by atoms with Crippen LogP contribution in [0.2, 0.25) is 5.15 Å². The van der Waals surface area contributed by atoms with Crippen molar-refractivity contribution >= 4 is 23.1 Å². The molecule has 24 heavy (non-hydrogen) atoms. The van der Waals surface area contributed by atoms with Crippen LogP contribution in [0.25, 0.3) is 0 Å². The Bertz CT molecular complexity index is 681. The summed E-state index contributed by atoms with van der Waals surface area (Å²) in [5.74, 6) is 3.59. The number of nitrogens with zero attached hydrogens (tertiary/aromatic N) is 2. The number of hydrogen-bond acceptors (Lipinski definition) is 6. The number of aromatic nitrogens is 2. The lowest BCUT2D eigenvalue weighted by Gasteiger charge is -2.12. The molecule has 1 heterocycles. The molecule has 1 aliphatic rings. The molecule has 7 heteroatoms. The van der Waals surface area contributed by atoms with Crippen molar-refractivity contribution in [1.82, 2.24) is 9.97 Å². The molecule has 2 N–H and O–H groups in total. The molecule has 6 nitrogen and oxygen atoms in total. The Morgan fingerprint density at radius 1 is 1.00 bits per heavy atom.